The monoisotopic (exact) mass is 160 g/mol. The van der Waals surface area contributed by atoms with Gasteiger partial charge in [-0.15, -0.1) is 0 Å². The summed E-state index contributed by atoms with van der Waals surface area (Å²) in [6.07, 6.45) is 0.594. The van der Waals surface area contributed by atoms with Crippen molar-refractivity contribution in [3.63, 3.8) is 0 Å². The topological polar surface area (TPSA) is 60.7 Å². The zero-order chi connectivity index (χ0) is 7.33. The number of hydrogen-bond acceptors (Lipinski definition) is 3. The molecule has 10 heavy (non-hydrogen) atoms. The molecule has 0 bridgehead atoms. The third-order valence-corrected chi connectivity index (χ3v) is 1.76. The fourth-order valence-corrected chi connectivity index (χ4v) is 0.485. The molecular formula is C6H16MgO3. The molecule has 0 aliphatic heterocycles. The molecule has 0 amide bonds. The van der Waals surface area contributed by atoms with Crippen molar-refractivity contribution in [1.82, 2.24) is 0 Å². The molecule has 0 aromatic rings. The Morgan fingerprint density at radius 1 is 1.10 bits per heavy atom. The molecule has 0 aromatic carbocycles. The van der Waals surface area contributed by atoms with Gasteiger partial charge in [-0.3, -0.25) is 0 Å². The Balaban J connectivity index is -0.000000107. The minimum Gasteiger partial charge on any atom is -1.00 e. The number of rotatable bonds is 4. The Morgan fingerprint density at radius 3 is 1.40 bits per heavy atom. The summed E-state index contributed by atoms with van der Waals surface area (Å²) in [5.74, 6) is 0. The molecule has 0 radical (unpaired) electrons. The Labute approximate surface area is 80.2 Å². The first-order valence-electron chi connectivity index (χ1n) is 3.07. The van der Waals surface area contributed by atoms with Crippen LogP contribution in [0.15, 0.2) is 0 Å². The van der Waals surface area contributed by atoms with Gasteiger partial charge < -0.3 is 18.2 Å². The van der Waals surface area contributed by atoms with Crippen LogP contribution in [-0.4, -0.2) is 58.2 Å². The summed E-state index contributed by atoms with van der Waals surface area (Å²) < 4.78 is 0. The largest absolute Gasteiger partial charge is 2.00 e. The second-order valence-corrected chi connectivity index (χ2v) is 2.33. The molecule has 3 N–H and O–H groups in total. The van der Waals surface area contributed by atoms with Gasteiger partial charge in [-0.2, -0.15) is 0 Å². The third-order valence-electron chi connectivity index (χ3n) is 1.76. The summed E-state index contributed by atoms with van der Waals surface area (Å²) in [6, 6.07) is 0. The Kier molecular flexibility index (Phi) is 8.43. The zero-order valence-corrected chi connectivity index (χ0v) is 7.79. The van der Waals surface area contributed by atoms with Gasteiger partial charge in [-0.1, -0.05) is 6.92 Å². The first-order valence-corrected chi connectivity index (χ1v) is 3.07. The molecule has 0 aromatic heterocycles. The molecule has 0 saturated carbocycles. The molecular weight excluding hydrogens is 144 g/mol. The van der Waals surface area contributed by atoms with Crippen LogP contribution >= 0.6 is 0 Å². The van der Waals surface area contributed by atoms with Crippen LogP contribution in [0.2, 0.25) is 0 Å². The van der Waals surface area contributed by atoms with E-state index in [1.54, 1.807) is 0 Å². The summed E-state index contributed by atoms with van der Waals surface area (Å²) in [6.45, 7) is 1.35. The summed E-state index contributed by atoms with van der Waals surface area (Å²) in [5, 5.41) is 26.0. The van der Waals surface area contributed by atoms with Crippen LogP contribution in [0.3, 0.4) is 0 Å². The molecule has 0 spiro atoms. The van der Waals surface area contributed by atoms with Gasteiger partial charge in [0, 0.05) is 5.41 Å². The minimum atomic E-state index is -0.667. The standard InChI is InChI=1S/C6H14O3.Mg.2H/c1-2-6(3-7,4-8)5-9;;;/h7-9H,2-5H2,1H3;;;/q;+2;2*-1. The summed E-state index contributed by atoms with van der Waals surface area (Å²) in [5.41, 5.74) is -0.667. The van der Waals surface area contributed by atoms with Gasteiger partial charge in [0.1, 0.15) is 0 Å². The average Bonchev–Trinajstić information content (AvgIpc) is 1.95. The minimum absolute atomic E-state index is 0. The molecule has 60 valence electrons. The molecule has 0 saturated heterocycles. The quantitative estimate of drug-likeness (QED) is 0.472. The molecule has 0 aliphatic carbocycles. The number of aliphatic hydroxyl groups excluding tert-OH is 3. The maximum Gasteiger partial charge on any atom is 2.00 e. The Bertz CT molecular complexity index is 63.7. The summed E-state index contributed by atoms with van der Waals surface area (Å²) in [7, 11) is 0. The van der Waals surface area contributed by atoms with E-state index in [2.05, 4.69) is 0 Å². The smallest absolute Gasteiger partial charge is 1.00 e. The fourth-order valence-electron chi connectivity index (χ4n) is 0.485. The molecule has 3 nitrogen and oxygen atoms in total. The van der Waals surface area contributed by atoms with Gasteiger partial charge in [-0.05, 0) is 6.42 Å². The van der Waals surface area contributed by atoms with Crippen LogP contribution in [0.25, 0.3) is 0 Å². The van der Waals surface area contributed by atoms with Crippen molar-refractivity contribution in [1.29, 1.82) is 0 Å². The van der Waals surface area contributed by atoms with Crippen LogP contribution in [-0.2, 0) is 0 Å². The van der Waals surface area contributed by atoms with Crippen LogP contribution < -0.4 is 0 Å². The second kappa shape index (κ2) is 6.36. The van der Waals surface area contributed by atoms with E-state index >= 15 is 0 Å². The van der Waals surface area contributed by atoms with Crippen molar-refractivity contribution >= 4 is 23.1 Å². The van der Waals surface area contributed by atoms with Crippen molar-refractivity contribution in [2.24, 2.45) is 5.41 Å². The molecule has 0 heterocycles. The second-order valence-electron chi connectivity index (χ2n) is 2.33. The van der Waals surface area contributed by atoms with Crippen molar-refractivity contribution < 1.29 is 18.2 Å². The van der Waals surface area contributed by atoms with E-state index in [0.717, 1.165) is 0 Å². The molecule has 4 heteroatoms. The van der Waals surface area contributed by atoms with Gasteiger partial charge >= 0.3 is 23.1 Å². The van der Waals surface area contributed by atoms with Crippen LogP contribution in [0.4, 0.5) is 0 Å². The Hall–Kier alpha value is 0.646. The van der Waals surface area contributed by atoms with Gasteiger partial charge in [0.2, 0.25) is 0 Å². The van der Waals surface area contributed by atoms with E-state index in [-0.39, 0.29) is 45.7 Å². The third kappa shape index (κ3) is 3.16. The van der Waals surface area contributed by atoms with Crippen molar-refractivity contribution in [2.75, 3.05) is 19.8 Å². The van der Waals surface area contributed by atoms with E-state index < -0.39 is 5.41 Å². The number of hydrogen-bond donors (Lipinski definition) is 3. The van der Waals surface area contributed by atoms with Crippen molar-refractivity contribution in [2.45, 2.75) is 13.3 Å². The van der Waals surface area contributed by atoms with E-state index in [1.807, 2.05) is 6.92 Å². The van der Waals surface area contributed by atoms with E-state index in [1.165, 1.54) is 0 Å². The molecule has 0 unspecified atom stereocenters. The summed E-state index contributed by atoms with van der Waals surface area (Å²) >= 11 is 0. The van der Waals surface area contributed by atoms with Gasteiger partial charge in [0.05, 0.1) is 19.8 Å². The van der Waals surface area contributed by atoms with Gasteiger partial charge in [-0.25, -0.2) is 0 Å². The predicted octanol–water partition coefficient (Wildman–Crippen LogP) is -0.796. The van der Waals surface area contributed by atoms with E-state index in [9.17, 15) is 0 Å². The van der Waals surface area contributed by atoms with E-state index in [4.69, 9.17) is 15.3 Å². The van der Waals surface area contributed by atoms with Crippen molar-refractivity contribution in [3.8, 4) is 0 Å². The first kappa shape index (κ1) is 13.3. The van der Waals surface area contributed by atoms with Crippen LogP contribution in [0.1, 0.15) is 16.2 Å². The maximum absolute atomic E-state index is 8.66. The van der Waals surface area contributed by atoms with E-state index in [0.29, 0.717) is 6.42 Å². The van der Waals surface area contributed by atoms with Gasteiger partial charge in [0.15, 0.2) is 0 Å². The average molecular weight is 160 g/mol. The molecule has 0 fully saturated rings. The predicted molar refractivity (Wildman–Crippen MR) is 42.0 cm³/mol. The molecule has 0 aliphatic rings. The van der Waals surface area contributed by atoms with Crippen LogP contribution in [0.5, 0.6) is 0 Å². The SMILES string of the molecule is CCC(CO)(CO)CO.[H-].[H-].[Mg+2]. The molecule has 0 rings (SSSR count). The van der Waals surface area contributed by atoms with Crippen molar-refractivity contribution in [3.05, 3.63) is 0 Å². The van der Waals surface area contributed by atoms with Crippen LogP contribution in [0, 0.1) is 5.41 Å². The molecule has 0 atom stereocenters. The first-order chi connectivity index (χ1) is 4.24. The normalized spacial score (nSPS) is 10.8. The maximum atomic E-state index is 8.66. The fraction of sp³-hybridized carbons (Fsp3) is 1.00. The number of aliphatic hydroxyl groups is 3. The summed E-state index contributed by atoms with van der Waals surface area (Å²) in [4.78, 5) is 0. The van der Waals surface area contributed by atoms with Gasteiger partial charge in [0.25, 0.3) is 0 Å². The Morgan fingerprint density at radius 2 is 1.40 bits per heavy atom. The zero-order valence-electron chi connectivity index (χ0n) is 8.38.